The topological polar surface area (TPSA) is 26.0 Å². The summed E-state index contributed by atoms with van der Waals surface area (Å²) in [5, 5.41) is 0. The van der Waals surface area contributed by atoms with Crippen molar-refractivity contribution in [3.63, 3.8) is 0 Å². The lowest BCUT2D eigenvalue weighted by Crippen LogP contribution is -2.12. The molecule has 0 amide bonds. The van der Waals surface area contributed by atoms with Crippen LogP contribution in [0.3, 0.4) is 0 Å². The molecule has 2 heteroatoms. The lowest BCUT2D eigenvalue weighted by molar-refractivity contribution is 0.935. The molecule has 1 heterocycles. The molecule has 0 aromatic rings. The van der Waals surface area contributed by atoms with Crippen molar-refractivity contribution in [2.45, 2.75) is 31.0 Å². The van der Waals surface area contributed by atoms with Gasteiger partial charge in [-0.1, -0.05) is 24.9 Å². The van der Waals surface area contributed by atoms with E-state index in [1.807, 2.05) is 0 Å². The largest absolute Gasteiger partial charge is 0.331 e. The summed E-state index contributed by atoms with van der Waals surface area (Å²) in [6, 6.07) is 4.45. The summed E-state index contributed by atoms with van der Waals surface area (Å²) in [7, 11) is 0.112. The Morgan fingerprint density at radius 3 is 2.38 bits per heavy atom. The number of hydrogen-bond acceptors (Lipinski definition) is 1. The van der Waals surface area contributed by atoms with Crippen LogP contribution >= 0.6 is 0 Å². The van der Waals surface area contributed by atoms with Gasteiger partial charge in [-0.15, -0.1) is 0 Å². The third-order valence-electron chi connectivity index (χ3n) is 1.81. The van der Waals surface area contributed by atoms with E-state index in [1.54, 1.807) is 12.1 Å². The third-order valence-corrected chi connectivity index (χ3v) is 4.93. The van der Waals surface area contributed by atoms with Crippen LogP contribution in [0.2, 0.25) is 18.1 Å². The third kappa shape index (κ3) is 1.60. The summed E-state index contributed by atoms with van der Waals surface area (Å²) in [4.78, 5) is 0. The van der Waals surface area contributed by atoms with Crippen LogP contribution in [0.1, 0.15) is 12.8 Å². The Hall–Kier alpha value is 0.177. The highest BCUT2D eigenvalue weighted by atomic mass is 28.3. The molecule has 2 N–H and O–H groups in total. The highest BCUT2D eigenvalue weighted by molar-refractivity contribution is 6.59. The Labute approximate surface area is 52.9 Å². The molecule has 47 valence electrons. The molecular formula is C6H14NSi. The van der Waals surface area contributed by atoms with Gasteiger partial charge in [0.25, 0.3) is 0 Å². The minimum Gasteiger partial charge on any atom is -0.331 e. The van der Waals surface area contributed by atoms with Crippen molar-refractivity contribution in [1.29, 1.82) is 0 Å². The molecule has 1 aliphatic rings. The van der Waals surface area contributed by atoms with Crippen LogP contribution in [0.25, 0.3) is 0 Å². The first-order valence-electron chi connectivity index (χ1n) is 3.47. The van der Waals surface area contributed by atoms with E-state index in [0.717, 1.165) is 6.54 Å². The van der Waals surface area contributed by atoms with Gasteiger partial charge in [-0.25, -0.2) is 0 Å². The molecule has 0 spiro atoms. The van der Waals surface area contributed by atoms with Crippen molar-refractivity contribution in [1.82, 2.24) is 0 Å². The first-order valence-corrected chi connectivity index (χ1v) is 5.59. The highest BCUT2D eigenvalue weighted by Crippen LogP contribution is 2.21. The minimum atomic E-state index is 0.112. The Balaban J connectivity index is 2.06. The number of rotatable bonds is 2. The fourth-order valence-corrected chi connectivity index (χ4v) is 3.99. The van der Waals surface area contributed by atoms with Crippen LogP contribution in [0.5, 0.6) is 0 Å². The summed E-state index contributed by atoms with van der Waals surface area (Å²) in [6.45, 7) is 0.939. The average Bonchev–Trinajstić information content (AvgIpc) is 2.19. The second kappa shape index (κ2) is 3.25. The predicted octanol–water partition coefficient (Wildman–Crippen LogP) is 1.23. The van der Waals surface area contributed by atoms with Crippen LogP contribution < -0.4 is 5.73 Å². The van der Waals surface area contributed by atoms with Gasteiger partial charge in [-0.2, -0.15) is 0 Å². The van der Waals surface area contributed by atoms with Crippen molar-refractivity contribution in [2.24, 2.45) is 5.73 Å². The predicted molar refractivity (Wildman–Crippen MR) is 38.5 cm³/mol. The van der Waals surface area contributed by atoms with E-state index >= 15 is 0 Å². The van der Waals surface area contributed by atoms with Gasteiger partial charge in [0, 0.05) is 8.80 Å². The quantitative estimate of drug-likeness (QED) is 0.556. The Morgan fingerprint density at radius 1 is 1.25 bits per heavy atom. The van der Waals surface area contributed by atoms with Gasteiger partial charge in [0.1, 0.15) is 0 Å². The fourth-order valence-electron chi connectivity index (χ4n) is 1.33. The van der Waals surface area contributed by atoms with E-state index in [-0.39, 0.29) is 8.80 Å². The summed E-state index contributed by atoms with van der Waals surface area (Å²) < 4.78 is 0. The summed E-state index contributed by atoms with van der Waals surface area (Å²) in [6.07, 6.45) is 2.99. The van der Waals surface area contributed by atoms with Crippen LogP contribution in [0.15, 0.2) is 0 Å². The zero-order chi connectivity index (χ0) is 5.82. The molecule has 1 saturated heterocycles. The molecule has 0 aliphatic carbocycles. The first kappa shape index (κ1) is 6.30. The molecule has 8 heavy (non-hydrogen) atoms. The standard InChI is InChI=1S/C6H14NSi/c7-3-6-8-4-1-2-5-8/h1-7H2. The second-order valence-electron chi connectivity index (χ2n) is 2.50. The average molecular weight is 128 g/mol. The normalized spacial score (nSPS) is 22.1. The molecule has 1 fully saturated rings. The summed E-state index contributed by atoms with van der Waals surface area (Å²) in [5.74, 6) is 0. The molecule has 0 aromatic carbocycles. The molecule has 1 rings (SSSR count). The van der Waals surface area contributed by atoms with Crippen LogP contribution in [0, 0.1) is 0 Å². The summed E-state index contributed by atoms with van der Waals surface area (Å²) in [5.41, 5.74) is 5.43. The van der Waals surface area contributed by atoms with Crippen molar-refractivity contribution in [2.75, 3.05) is 6.54 Å². The lowest BCUT2D eigenvalue weighted by Gasteiger charge is -2.00. The molecule has 0 bridgehead atoms. The van der Waals surface area contributed by atoms with Crippen molar-refractivity contribution in [3.8, 4) is 0 Å². The van der Waals surface area contributed by atoms with Crippen molar-refractivity contribution < 1.29 is 0 Å². The van der Waals surface area contributed by atoms with Crippen LogP contribution in [-0.4, -0.2) is 15.3 Å². The molecule has 0 saturated carbocycles. The van der Waals surface area contributed by atoms with Gasteiger partial charge in [0.15, 0.2) is 0 Å². The minimum absolute atomic E-state index is 0.112. The van der Waals surface area contributed by atoms with Gasteiger partial charge in [0.2, 0.25) is 0 Å². The van der Waals surface area contributed by atoms with E-state index in [0.29, 0.717) is 0 Å². The second-order valence-corrected chi connectivity index (χ2v) is 5.50. The van der Waals surface area contributed by atoms with E-state index < -0.39 is 0 Å². The van der Waals surface area contributed by atoms with E-state index in [1.165, 1.54) is 18.9 Å². The van der Waals surface area contributed by atoms with Crippen LogP contribution in [0.4, 0.5) is 0 Å². The number of hydrogen-bond donors (Lipinski definition) is 1. The molecule has 1 nitrogen and oxygen atoms in total. The van der Waals surface area contributed by atoms with E-state index in [9.17, 15) is 0 Å². The van der Waals surface area contributed by atoms with E-state index in [2.05, 4.69) is 0 Å². The molecule has 0 unspecified atom stereocenters. The van der Waals surface area contributed by atoms with Crippen molar-refractivity contribution >= 4 is 8.80 Å². The van der Waals surface area contributed by atoms with Gasteiger partial charge < -0.3 is 5.73 Å². The van der Waals surface area contributed by atoms with Gasteiger partial charge >= 0.3 is 0 Å². The molecule has 0 atom stereocenters. The van der Waals surface area contributed by atoms with Gasteiger partial charge in [-0.3, -0.25) is 0 Å². The molecular weight excluding hydrogens is 114 g/mol. The maximum absolute atomic E-state index is 5.43. The molecule has 1 radical (unpaired) electrons. The zero-order valence-electron chi connectivity index (χ0n) is 5.32. The maximum atomic E-state index is 5.43. The van der Waals surface area contributed by atoms with Crippen molar-refractivity contribution in [3.05, 3.63) is 0 Å². The van der Waals surface area contributed by atoms with E-state index in [4.69, 9.17) is 5.73 Å². The first-order chi connectivity index (χ1) is 3.93. The zero-order valence-corrected chi connectivity index (χ0v) is 6.32. The molecule has 1 aliphatic heterocycles. The SMILES string of the molecule is NCC[Si]1CCCC1. The Kier molecular flexibility index (Phi) is 2.56. The number of nitrogens with two attached hydrogens (primary N) is 1. The monoisotopic (exact) mass is 128 g/mol. The van der Waals surface area contributed by atoms with Gasteiger partial charge in [-0.05, 0) is 12.6 Å². The Morgan fingerprint density at radius 2 is 1.88 bits per heavy atom. The summed E-state index contributed by atoms with van der Waals surface area (Å²) >= 11 is 0. The fraction of sp³-hybridized carbons (Fsp3) is 1.00. The van der Waals surface area contributed by atoms with Crippen LogP contribution in [-0.2, 0) is 0 Å². The maximum Gasteiger partial charge on any atom is 0.0491 e. The smallest absolute Gasteiger partial charge is 0.0491 e. The van der Waals surface area contributed by atoms with Gasteiger partial charge in [0.05, 0.1) is 0 Å². The Bertz CT molecular complexity index is 59.5. The lowest BCUT2D eigenvalue weighted by atomic mass is 10.4. The molecule has 0 aromatic heterocycles. The highest BCUT2D eigenvalue weighted by Gasteiger charge is 2.14.